The second kappa shape index (κ2) is 7.82. The minimum atomic E-state index is -4.42. The van der Waals surface area contributed by atoms with Crippen LogP contribution in [0.1, 0.15) is 0 Å². The average Bonchev–Trinajstić information content (AvgIpc) is 2.65. The first kappa shape index (κ1) is 17.7. The molecule has 0 atom stereocenters. The van der Waals surface area contributed by atoms with Crippen molar-refractivity contribution in [2.24, 2.45) is 0 Å². The standard InChI is InChI=1S/C18H15O7P/c19-15-10-4-6-12-17(15)23-26(21,24-18-13-7-5-11-16(18)20)25-22-14-8-2-1-3-9-14/h1-13,19-20H. The van der Waals surface area contributed by atoms with Crippen LogP contribution < -0.4 is 13.9 Å². The minimum Gasteiger partial charge on any atom is -0.504 e. The van der Waals surface area contributed by atoms with Crippen molar-refractivity contribution in [3.8, 4) is 28.7 Å². The molecule has 0 aliphatic carbocycles. The van der Waals surface area contributed by atoms with Crippen molar-refractivity contribution in [2.45, 2.75) is 0 Å². The van der Waals surface area contributed by atoms with E-state index < -0.39 is 7.82 Å². The number of phenols is 2. The topological polar surface area (TPSA) is 94.5 Å². The molecule has 0 amide bonds. The van der Waals surface area contributed by atoms with Gasteiger partial charge in [0, 0.05) is 0 Å². The molecule has 0 saturated heterocycles. The molecule has 3 aromatic rings. The van der Waals surface area contributed by atoms with Crippen LogP contribution in [0.25, 0.3) is 0 Å². The molecular formula is C18H15O7P. The first-order valence-corrected chi connectivity index (χ1v) is 8.98. The van der Waals surface area contributed by atoms with E-state index in [1.165, 1.54) is 24.3 Å². The molecule has 0 unspecified atom stereocenters. The fourth-order valence-corrected chi connectivity index (χ4v) is 2.99. The van der Waals surface area contributed by atoms with E-state index in [0.29, 0.717) is 0 Å². The summed E-state index contributed by atoms with van der Waals surface area (Å²) in [5.41, 5.74) is 0. The van der Waals surface area contributed by atoms with E-state index in [9.17, 15) is 14.8 Å². The van der Waals surface area contributed by atoms with Gasteiger partial charge in [-0.25, -0.2) is 4.57 Å². The second-order valence-corrected chi connectivity index (χ2v) is 6.44. The van der Waals surface area contributed by atoms with Crippen molar-refractivity contribution >= 4 is 7.82 Å². The van der Waals surface area contributed by atoms with E-state index in [2.05, 4.69) is 0 Å². The van der Waals surface area contributed by atoms with Crippen molar-refractivity contribution in [3.05, 3.63) is 78.9 Å². The Labute approximate surface area is 149 Å². The van der Waals surface area contributed by atoms with Crippen LogP contribution in [0, 0.1) is 0 Å². The number of hydrogen-bond donors (Lipinski definition) is 2. The van der Waals surface area contributed by atoms with Crippen LogP contribution in [0.15, 0.2) is 78.9 Å². The van der Waals surface area contributed by atoms with E-state index in [4.69, 9.17) is 18.6 Å². The van der Waals surface area contributed by atoms with E-state index in [0.717, 1.165) is 0 Å². The molecule has 0 aromatic heterocycles. The third-order valence-electron chi connectivity index (χ3n) is 3.12. The van der Waals surface area contributed by atoms with Gasteiger partial charge in [-0.15, -0.1) is 0 Å². The Kier molecular flexibility index (Phi) is 5.31. The lowest BCUT2D eigenvalue weighted by molar-refractivity contribution is -0.119. The number of aromatic hydroxyl groups is 2. The Morgan fingerprint density at radius 3 is 1.62 bits per heavy atom. The molecule has 0 bridgehead atoms. The number of hydrogen-bond acceptors (Lipinski definition) is 7. The summed E-state index contributed by atoms with van der Waals surface area (Å²) >= 11 is 0. The number of phosphoric acid groups is 1. The van der Waals surface area contributed by atoms with Crippen molar-refractivity contribution in [1.29, 1.82) is 0 Å². The lowest BCUT2D eigenvalue weighted by Crippen LogP contribution is -2.08. The monoisotopic (exact) mass is 374 g/mol. The SMILES string of the molecule is O=P(OOc1ccccc1)(Oc1ccccc1O)Oc1ccccc1O. The van der Waals surface area contributed by atoms with Gasteiger partial charge in [-0.2, -0.15) is 0 Å². The minimum absolute atomic E-state index is 0.136. The number of rotatable bonds is 7. The first-order chi connectivity index (χ1) is 12.6. The molecule has 3 rings (SSSR count). The molecule has 8 heteroatoms. The zero-order valence-electron chi connectivity index (χ0n) is 13.4. The van der Waals surface area contributed by atoms with Crippen LogP contribution >= 0.6 is 7.82 Å². The molecule has 0 radical (unpaired) electrons. The van der Waals surface area contributed by atoms with Gasteiger partial charge in [0.05, 0.1) is 0 Å². The van der Waals surface area contributed by atoms with Gasteiger partial charge >= 0.3 is 7.82 Å². The zero-order chi connectivity index (χ0) is 18.4. The second-order valence-electron chi connectivity index (χ2n) is 5.04. The highest BCUT2D eigenvalue weighted by Crippen LogP contribution is 2.52. The van der Waals surface area contributed by atoms with Gasteiger partial charge < -0.3 is 24.1 Å². The van der Waals surface area contributed by atoms with Gasteiger partial charge in [0.25, 0.3) is 0 Å². The van der Waals surface area contributed by atoms with Crippen molar-refractivity contribution < 1.29 is 33.4 Å². The summed E-state index contributed by atoms with van der Waals surface area (Å²) in [6, 6.07) is 20.0. The summed E-state index contributed by atoms with van der Waals surface area (Å²) in [6.07, 6.45) is 0. The molecule has 0 fully saturated rings. The van der Waals surface area contributed by atoms with E-state index in [1.54, 1.807) is 54.6 Å². The Morgan fingerprint density at radius 1 is 0.654 bits per heavy atom. The molecular weight excluding hydrogens is 359 g/mol. The molecule has 2 N–H and O–H groups in total. The summed E-state index contributed by atoms with van der Waals surface area (Å²) in [4.78, 5) is 5.02. The van der Waals surface area contributed by atoms with E-state index in [-0.39, 0.29) is 28.7 Å². The van der Waals surface area contributed by atoms with E-state index in [1.807, 2.05) is 0 Å². The van der Waals surface area contributed by atoms with Crippen LogP contribution in [-0.4, -0.2) is 10.2 Å². The van der Waals surface area contributed by atoms with Gasteiger partial charge in [0.1, 0.15) is 0 Å². The summed E-state index contributed by atoms with van der Waals surface area (Å²) in [5.74, 6) is -0.547. The molecule has 0 aliphatic rings. The fourth-order valence-electron chi connectivity index (χ4n) is 1.92. The quantitative estimate of drug-likeness (QED) is 0.352. The summed E-state index contributed by atoms with van der Waals surface area (Å²) in [5, 5.41) is 19.7. The van der Waals surface area contributed by atoms with Crippen LogP contribution in [0.5, 0.6) is 28.7 Å². The predicted molar refractivity (Wildman–Crippen MR) is 93.2 cm³/mol. The summed E-state index contributed by atoms with van der Waals surface area (Å²) in [6.45, 7) is 0. The number of para-hydroxylation sites is 5. The Hall–Kier alpha value is -3.15. The van der Waals surface area contributed by atoms with E-state index >= 15 is 0 Å². The molecule has 0 saturated carbocycles. The van der Waals surface area contributed by atoms with Gasteiger partial charge in [0.2, 0.25) is 0 Å². The zero-order valence-corrected chi connectivity index (χ0v) is 14.3. The molecule has 134 valence electrons. The van der Waals surface area contributed by atoms with Gasteiger partial charge in [-0.05, 0) is 36.4 Å². The normalized spacial score (nSPS) is 10.9. The highest BCUT2D eigenvalue weighted by atomic mass is 31.2. The maximum absolute atomic E-state index is 13.0. The smallest absolute Gasteiger partial charge is 0.504 e. The van der Waals surface area contributed by atoms with Crippen LogP contribution in [0.2, 0.25) is 0 Å². The molecule has 26 heavy (non-hydrogen) atoms. The van der Waals surface area contributed by atoms with Crippen molar-refractivity contribution in [1.82, 2.24) is 0 Å². The van der Waals surface area contributed by atoms with Crippen LogP contribution in [-0.2, 0) is 9.24 Å². The van der Waals surface area contributed by atoms with Crippen LogP contribution in [0.4, 0.5) is 0 Å². The summed E-state index contributed by atoms with van der Waals surface area (Å²) < 4.78 is 28.4. The first-order valence-electron chi connectivity index (χ1n) is 7.52. The number of phenolic OH excluding ortho intramolecular Hbond substituents is 2. The van der Waals surface area contributed by atoms with Crippen molar-refractivity contribution in [2.75, 3.05) is 0 Å². The van der Waals surface area contributed by atoms with Gasteiger partial charge in [0.15, 0.2) is 28.7 Å². The van der Waals surface area contributed by atoms with Gasteiger partial charge in [-0.1, -0.05) is 47.1 Å². The van der Waals surface area contributed by atoms with Crippen LogP contribution in [0.3, 0.4) is 0 Å². The lowest BCUT2D eigenvalue weighted by atomic mass is 10.3. The molecule has 0 spiro atoms. The average molecular weight is 374 g/mol. The highest BCUT2D eigenvalue weighted by molar-refractivity contribution is 7.49. The molecule has 0 heterocycles. The molecule has 7 nitrogen and oxygen atoms in total. The maximum atomic E-state index is 13.0. The number of benzene rings is 3. The molecule has 0 aliphatic heterocycles. The maximum Gasteiger partial charge on any atom is 0.625 e. The van der Waals surface area contributed by atoms with Gasteiger partial charge in [-0.3, -0.25) is 0 Å². The summed E-state index contributed by atoms with van der Waals surface area (Å²) in [7, 11) is -4.42. The molecule has 3 aromatic carbocycles. The Balaban J connectivity index is 1.86. The number of phosphoric ester groups is 1. The fraction of sp³-hybridized carbons (Fsp3) is 0. The Morgan fingerprint density at radius 2 is 1.12 bits per heavy atom. The largest absolute Gasteiger partial charge is 0.625 e. The van der Waals surface area contributed by atoms with Crippen molar-refractivity contribution in [3.63, 3.8) is 0 Å². The Bertz CT molecular complexity index is 863. The lowest BCUT2D eigenvalue weighted by Gasteiger charge is -2.18. The third kappa shape index (κ3) is 4.47. The third-order valence-corrected chi connectivity index (χ3v) is 4.22. The highest BCUT2D eigenvalue weighted by Gasteiger charge is 2.35. The predicted octanol–water partition coefficient (Wildman–Crippen LogP) is 4.67.